The van der Waals surface area contributed by atoms with Crippen LogP contribution < -0.4 is 5.32 Å². The number of anilines is 1. The third-order valence-electron chi connectivity index (χ3n) is 2.92. The van der Waals surface area contributed by atoms with Gasteiger partial charge in [0.2, 0.25) is 0 Å². The van der Waals surface area contributed by atoms with E-state index in [0.717, 1.165) is 12.2 Å². The number of benzene rings is 2. The molecule has 0 aliphatic heterocycles. The second-order valence-electron chi connectivity index (χ2n) is 4.00. The van der Waals surface area contributed by atoms with Crippen molar-refractivity contribution in [1.82, 2.24) is 0 Å². The molecule has 0 heterocycles. The van der Waals surface area contributed by atoms with Crippen molar-refractivity contribution in [3.05, 3.63) is 65.2 Å². The van der Waals surface area contributed by atoms with Crippen molar-refractivity contribution in [2.24, 2.45) is 0 Å². The lowest BCUT2D eigenvalue weighted by atomic mass is 10.0. The van der Waals surface area contributed by atoms with Crippen LogP contribution in [0.1, 0.15) is 16.7 Å². The standard InChI is InChI=1S/C15H16N/c1-12-7-6-8-14(13(12)2)11-16-15-9-4-3-5-10-15/h4-10,16H,11H2,1-2H3. The van der Waals surface area contributed by atoms with Gasteiger partial charge in [-0.05, 0) is 48.7 Å². The number of rotatable bonds is 3. The lowest BCUT2D eigenvalue weighted by molar-refractivity contribution is 1.10. The molecular weight excluding hydrogens is 194 g/mol. The van der Waals surface area contributed by atoms with E-state index >= 15 is 0 Å². The van der Waals surface area contributed by atoms with E-state index in [-0.39, 0.29) is 0 Å². The van der Waals surface area contributed by atoms with E-state index in [4.69, 9.17) is 0 Å². The zero-order valence-corrected chi connectivity index (χ0v) is 9.75. The Morgan fingerprint density at radius 3 is 2.56 bits per heavy atom. The van der Waals surface area contributed by atoms with Crippen molar-refractivity contribution in [3.63, 3.8) is 0 Å². The first-order chi connectivity index (χ1) is 7.77. The van der Waals surface area contributed by atoms with Crippen molar-refractivity contribution >= 4 is 5.69 Å². The van der Waals surface area contributed by atoms with Crippen LogP contribution in [-0.2, 0) is 6.54 Å². The van der Waals surface area contributed by atoms with Gasteiger partial charge < -0.3 is 5.32 Å². The maximum absolute atomic E-state index is 3.41. The topological polar surface area (TPSA) is 12.0 Å². The summed E-state index contributed by atoms with van der Waals surface area (Å²) in [6.07, 6.45) is 0. The monoisotopic (exact) mass is 210 g/mol. The van der Waals surface area contributed by atoms with Crippen LogP contribution >= 0.6 is 0 Å². The summed E-state index contributed by atoms with van der Waals surface area (Å²) in [5, 5.41) is 3.41. The molecule has 0 saturated heterocycles. The predicted molar refractivity (Wildman–Crippen MR) is 68.5 cm³/mol. The van der Waals surface area contributed by atoms with Crippen molar-refractivity contribution < 1.29 is 0 Å². The van der Waals surface area contributed by atoms with Gasteiger partial charge in [0.05, 0.1) is 0 Å². The van der Waals surface area contributed by atoms with Crippen LogP contribution in [0.2, 0.25) is 0 Å². The number of aryl methyl sites for hydroxylation is 1. The average Bonchev–Trinajstić information content (AvgIpc) is 2.32. The Morgan fingerprint density at radius 1 is 1.06 bits per heavy atom. The van der Waals surface area contributed by atoms with Gasteiger partial charge in [-0.25, -0.2) is 0 Å². The van der Waals surface area contributed by atoms with Gasteiger partial charge in [-0.1, -0.05) is 30.3 Å². The van der Waals surface area contributed by atoms with Crippen LogP contribution in [0.3, 0.4) is 0 Å². The van der Waals surface area contributed by atoms with Crippen molar-refractivity contribution in [2.45, 2.75) is 20.4 Å². The fraction of sp³-hybridized carbons (Fsp3) is 0.200. The number of nitrogens with one attached hydrogen (secondary N) is 1. The SMILES string of the molecule is Cc1cccc(CNc2cc[c]cc2)c1C. The Morgan fingerprint density at radius 2 is 1.81 bits per heavy atom. The summed E-state index contributed by atoms with van der Waals surface area (Å²) in [6.45, 7) is 5.19. The second-order valence-corrected chi connectivity index (χ2v) is 4.00. The normalized spacial score (nSPS) is 10.1. The highest BCUT2D eigenvalue weighted by atomic mass is 14.9. The van der Waals surface area contributed by atoms with E-state index in [1.54, 1.807) is 0 Å². The minimum absolute atomic E-state index is 0.873. The van der Waals surface area contributed by atoms with Crippen molar-refractivity contribution in [1.29, 1.82) is 0 Å². The fourth-order valence-corrected chi connectivity index (χ4v) is 1.71. The lowest BCUT2D eigenvalue weighted by Crippen LogP contribution is -2.01. The largest absolute Gasteiger partial charge is 0.381 e. The number of hydrogen-bond donors (Lipinski definition) is 1. The molecule has 0 fully saturated rings. The second kappa shape index (κ2) is 4.84. The Bertz CT molecular complexity index is 460. The molecule has 0 aromatic heterocycles. The zero-order valence-electron chi connectivity index (χ0n) is 9.75. The van der Waals surface area contributed by atoms with Crippen LogP contribution in [0.25, 0.3) is 0 Å². The molecule has 1 radical (unpaired) electrons. The van der Waals surface area contributed by atoms with E-state index in [1.807, 2.05) is 24.3 Å². The molecule has 0 unspecified atom stereocenters. The summed E-state index contributed by atoms with van der Waals surface area (Å²) in [5.74, 6) is 0. The van der Waals surface area contributed by atoms with Gasteiger partial charge in [0.1, 0.15) is 0 Å². The first kappa shape index (κ1) is 10.7. The third kappa shape index (κ3) is 2.43. The maximum atomic E-state index is 3.41. The first-order valence-corrected chi connectivity index (χ1v) is 5.52. The molecular formula is C15H16N. The highest BCUT2D eigenvalue weighted by Gasteiger charge is 1.99. The predicted octanol–water partition coefficient (Wildman–Crippen LogP) is 3.72. The number of hydrogen-bond acceptors (Lipinski definition) is 1. The zero-order chi connectivity index (χ0) is 11.4. The van der Waals surface area contributed by atoms with Crippen LogP contribution in [0.4, 0.5) is 5.69 Å². The van der Waals surface area contributed by atoms with Crippen LogP contribution in [-0.4, -0.2) is 0 Å². The van der Waals surface area contributed by atoms with Gasteiger partial charge in [0.15, 0.2) is 0 Å². The van der Waals surface area contributed by atoms with Gasteiger partial charge in [-0.2, -0.15) is 0 Å². The van der Waals surface area contributed by atoms with Crippen molar-refractivity contribution in [2.75, 3.05) is 5.32 Å². The summed E-state index contributed by atoms with van der Waals surface area (Å²) in [6, 6.07) is 17.4. The molecule has 0 spiro atoms. The van der Waals surface area contributed by atoms with E-state index in [9.17, 15) is 0 Å². The minimum atomic E-state index is 0.873. The molecule has 0 amide bonds. The molecule has 2 rings (SSSR count). The average molecular weight is 210 g/mol. The van der Waals surface area contributed by atoms with E-state index < -0.39 is 0 Å². The molecule has 1 heteroatoms. The molecule has 2 aromatic carbocycles. The van der Waals surface area contributed by atoms with Crippen LogP contribution in [0.5, 0.6) is 0 Å². The lowest BCUT2D eigenvalue weighted by Gasteiger charge is -2.10. The Labute approximate surface area is 97.1 Å². The summed E-state index contributed by atoms with van der Waals surface area (Å²) in [7, 11) is 0. The van der Waals surface area contributed by atoms with Crippen LogP contribution in [0.15, 0.2) is 42.5 Å². The fourth-order valence-electron chi connectivity index (χ4n) is 1.71. The maximum Gasteiger partial charge on any atom is 0.0403 e. The third-order valence-corrected chi connectivity index (χ3v) is 2.92. The summed E-state index contributed by atoms with van der Waals surface area (Å²) in [4.78, 5) is 0. The minimum Gasteiger partial charge on any atom is -0.381 e. The van der Waals surface area contributed by atoms with Gasteiger partial charge in [-0.3, -0.25) is 0 Å². The molecule has 0 atom stereocenters. The van der Waals surface area contributed by atoms with E-state index in [1.165, 1.54) is 16.7 Å². The van der Waals surface area contributed by atoms with E-state index in [2.05, 4.69) is 43.4 Å². The highest BCUT2D eigenvalue weighted by molar-refractivity contribution is 5.44. The molecule has 1 nitrogen and oxygen atoms in total. The molecule has 0 aliphatic carbocycles. The summed E-state index contributed by atoms with van der Waals surface area (Å²) < 4.78 is 0. The Hall–Kier alpha value is -1.76. The van der Waals surface area contributed by atoms with Crippen molar-refractivity contribution in [3.8, 4) is 0 Å². The molecule has 2 aromatic rings. The molecule has 16 heavy (non-hydrogen) atoms. The summed E-state index contributed by atoms with van der Waals surface area (Å²) >= 11 is 0. The van der Waals surface area contributed by atoms with Gasteiger partial charge in [0, 0.05) is 12.2 Å². The Balaban J connectivity index is 2.08. The molecule has 0 bridgehead atoms. The summed E-state index contributed by atoms with van der Waals surface area (Å²) in [5.41, 5.74) is 5.21. The molecule has 81 valence electrons. The first-order valence-electron chi connectivity index (χ1n) is 5.52. The van der Waals surface area contributed by atoms with Gasteiger partial charge in [0.25, 0.3) is 0 Å². The quantitative estimate of drug-likeness (QED) is 0.814. The molecule has 0 aliphatic rings. The van der Waals surface area contributed by atoms with Gasteiger partial charge in [-0.15, -0.1) is 0 Å². The molecule has 0 saturated carbocycles. The smallest absolute Gasteiger partial charge is 0.0403 e. The van der Waals surface area contributed by atoms with Crippen LogP contribution in [0, 0.1) is 19.9 Å². The van der Waals surface area contributed by atoms with Gasteiger partial charge >= 0.3 is 0 Å². The highest BCUT2D eigenvalue weighted by Crippen LogP contribution is 2.14. The Kier molecular flexibility index (Phi) is 3.25. The molecule has 1 N–H and O–H groups in total. The van der Waals surface area contributed by atoms with E-state index in [0.29, 0.717) is 0 Å².